The van der Waals surface area contributed by atoms with Gasteiger partial charge in [-0.3, -0.25) is 4.68 Å². The fourth-order valence-corrected chi connectivity index (χ4v) is 2.24. The van der Waals surface area contributed by atoms with Gasteiger partial charge < -0.3 is 5.32 Å². The van der Waals surface area contributed by atoms with Crippen LogP contribution in [0, 0.1) is 5.82 Å². The van der Waals surface area contributed by atoms with E-state index in [0.29, 0.717) is 6.42 Å². The van der Waals surface area contributed by atoms with E-state index in [4.69, 9.17) is 11.6 Å². The van der Waals surface area contributed by atoms with E-state index in [2.05, 4.69) is 22.6 Å². The molecule has 0 aliphatic heterocycles. The number of aromatic nitrogens is 3. The molecule has 0 amide bonds. The van der Waals surface area contributed by atoms with Crippen molar-refractivity contribution in [3.8, 4) is 0 Å². The van der Waals surface area contributed by atoms with Gasteiger partial charge in [-0.25, -0.2) is 4.39 Å². The van der Waals surface area contributed by atoms with Gasteiger partial charge in [0.15, 0.2) is 0 Å². The van der Waals surface area contributed by atoms with Crippen molar-refractivity contribution in [2.75, 3.05) is 6.54 Å². The highest BCUT2D eigenvalue weighted by Gasteiger charge is 2.15. The Bertz CT molecular complexity index is 570. The molecular formula is C14H18ClFN4. The zero-order chi connectivity index (χ0) is 14.5. The van der Waals surface area contributed by atoms with Crippen molar-refractivity contribution in [1.82, 2.24) is 20.3 Å². The van der Waals surface area contributed by atoms with Gasteiger partial charge in [0, 0.05) is 25.7 Å². The highest BCUT2D eigenvalue weighted by Crippen LogP contribution is 2.23. The molecule has 20 heavy (non-hydrogen) atoms. The van der Waals surface area contributed by atoms with Crippen LogP contribution in [0.25, 0.3) is 0 Å². The molecular weight excluding hydrogens is 279 g/mol. The lowest BCUT2D eigenvalue weighted by molar-refractivity contribution is 0.522. The monoisotopic (exact) mass is 296 g/mol. The second-order valence-corrected chi connectivity index (χ2v) is 5.18. The van der Waals surface area contributed by atoms with Crippen LogP contribution >= 0.6 is 11.6 Å². The highest BCUT2D eigenvalue weighted by molar-refractivity contribution is 6.30. The summed E-state index contributed by atoms with van der Waals surface area (Å²) in [4.78, 5) is 0. The molecule has 0 aliphatic rings. The second kappa shape index (κ2) is 6.81. The van der Waals surface area contributed by atoms with Gasteiger partial charge in [0.1, 0.15) is 5.82 Å². The largest absolute Gasteiger partial charge is 0.310 e. The highest BCUT2D eigenvalue weighted by atomic mass is 35.5. The van der Waals surface area contributed by atoms with Gasteiger partial charge in [0.25, 0.3) is 0 Å². The average molecular weight is 297 g/mol. The average Bonchev–Trinajstić information content (AvgIpc) is 2.83. The van der Waals surface area contributed by atoms with E-state index in [1.54, 1.807) is 16.8 Å². The number of rotatable bonds is 6. The summed E-state index contributed by atoms with van der Waals surface area (Å²) >= 11 is 5.86. The Labute approximate surface area is 122 Å². The third-order valence-electron chi connectivity index (χ3n) is 3.05. The molecule has 0 saturated heterocycles. The first-order valence-electron chi connectivity index (χ1n) is 6.63. The minimum absolute atomic E-state index is 0.0461. The van der Waals surface area contributed by atoms with Crippen molar-refractivity contribution in [3.05, 3.63) is 46.5 Å². The van der Waals surface area contributed by atoms with Gasteiger partial charge in [-0.2, -0.15) is 0 Å². The van der Waals surface area contributed by atoms with Crippen LogP contribution in [0.15, 0.2) is 24.4 Å². The van der Waals surface area contributed by atoms with Gasteiger partial charge in [0.05, 0.1) is 10.7 Å². The van der Waals surface area contributed by atoms with Crippen LogP contribution in [0.1, 0.15) is 30.6 Å². The Balaban J connectivity index is 2.19. The molecule has 0 spiro atoms. The quantitative estimate of drug-likeness (QED) is 0.891. The SMILES string of the molecule is CCCNC(Cc1cn(C)nn1)c1ccc(F)c(Cl)c1. The Morgan fingerprint density at radius 1 is 1.45 bits per heavy atom. The van der Waals surface area contributed by atoms with Gasteiger partial charge in [-0.15, -0.1) is 5.10 Å². The number of aryl methyl sites for hydroxylation is 1. The maximum Gasteiger partial charge on any atom is 0.141 e. The minimum Gasteiger partial charge on any atom is -0.310 e. The Hall–Kier alpha value is -1.46. The summed E-state index contributed by atoms with van der Waals surface area (Å²) in [5.41, 5.74) is 1.84. The molecule has 1 unspecified atom stereocenters. The first-order chi connectivity index (χ1) is 9.60. The molecule has 1 aromatic heterocycles. The van der Waals surface area contributed by atoms with E-state index in [1.807, 2.05) is 13.2 Å². The lowest BCUT2D eigenvalue weighted by Gasteiger charge is -2.18. The number of benzene rings is 1. The molecule has 6 heteroatoms. The van der Waals surface area contributed by atoms with E-state index < -0.39 is 5.82 Å². The minimum atomic E-state index is -0.399. The van der Waals surface area contributed by atoms with Gasteiger partial charge in [0.2, 0.25) is 0 Å². The molecule has 108 valence electrons. The third-order valence-corrected chi connectivity index (χ3v) is 3.34. The number of nitrogens with zero attached hydrogens (tertiary/aromatic N) is 3. The number of nitrogens with one attached hydrogen (secondary N) is 1. The lowest BCUT2D eigenvalue weighted by atomic mass is 10.0. The summed E-state index contributed by atoms with van der Waals surface area (Å²) in [6.45, 7) is 2.98. The molecule has 1 aromatic carbocycles. The number of hydrogen-bond acceptors (Lipinski definition) is 3. The van der Waals surface area contributed by atoms with Crippen LogP contribution in [0.4, 0.5) is 4.39 Å². The molecule has 0 aliphatic carbocycles. The normalized spacial score (nSPS) is 12.6. The maximum atomic E-state index is 13.3. The van der Waals surface area contributed by atoms with Crippen molar-refractivity contribution < 1.29 is 4.39 Å². The van der Waals surface area contributed by atoms with Gasteiger partial charge in [-0.05, 0) is 30.7 Å². The lowest BCUT2D eigenvalue weighted by Crippen LogP contribution is -2.24. The van der Waals surface area contributed by atoms with Crippen molar-refractivity contribution in [1.29, 1.82) is 0 Å². The summed E-state index contributed by atoms with van der Waals surface area (Å²) in [6.07, 6.45) is 3.59. The second-order valence-electron chi connectivity index (χ2n) is 4.77. The number of halogens is 2. The summed E-state index contributed by atoms with van der Waals surface area (Å²) in [7, 11) is 1.83. The fourth-order valence-electron chi connectivity index (χ4n) is 2.05. The van der Waals surface area contributed by atoms with Crippen LogP contribution in [0.2, 0.25) is 5.02 Å². The molecule has 1 N–H and O–H groups in total. The van der Waals surface area contributed by atoms with Gasteiger partial charge >= 0.3 is 0 Å². The summed E-state index contributed by atoms with van der Waals surface area (Å²) in [5, 5.41) is 11.6. The molecule has 0 radical (unpaired) electrons. The summed E-state index contributed by atoms with van der Waals surface area (Å²) in [6, 6.07) is 4.87. The predicted octanol–water partition coefficient (Wildman–Crippen LogP) is 2.89. The molecule has 1 heterocycles. The fraction of sp³-hybridized carbons (Fsp3) is 0.429. The molecule has 2 rings (SSSR count). The first kappa shape index (κ1) is 14.9. The van der Waals surface area contributed by atoms with Gasteiger partial charge in [-0.1, -0.05) is 29.8 Å². The van der Waals surface area contributed by atoms with Crippen LogP contribution in [0.3, 0.4) is 0 Å². The zero-order valence-corrected chi connectivity index (χ0v) is 12.4. The Morgan fingerprint density at radius 3 is 2.85 bits per heavy atom. The molecule has 4 nitrogen and oxygen atoms in total. The van der Waals surface area contributed by atoms with Crippen molar-refractivity contribution >= 4 is 11.6 Å². The smallest absolute Gasteiger partial charge is 0.141 e. The molecule has 0 saturated carbocycles. The first-order valence-corrected chi connectivity index (χ1v) is 7.01. The van der Waals surface area contributed by atoms with E-state index in [9.17, 15) is 4.39 Å². The van der Waals surface area contributed by atoms with Crippen molar-refractivity contribution in [2.45, 2.75) is 25.8 Å². The van der Waals surface area contributed by atoms with Crippen LogP contribution in [-0.4, -0.2) is 21.5 Å². The Kier molecular flexibility index (Phi) is 5.09. The van der Waals surface area contributed by atoms with E-state index >= 15 is 0 Å². The van der Waals surface area contributed by atoms with Crippen LogP contribution < -0.4 is 5.32 Å². The summed E-state index contributed by atoms with van der Waals surface area (Å²) in [5.74, 6) is -0.399. The topological polar surface area (TPSA) is 42.7 Å². The zero-order valence-electron chi connectivity index (χ0n) is 11.6. The molecule has 0 fully saturated rings. The van der Waals surface area contributed by atoms with E-state index in [1.165, 1.54) is 6.07 Å². The van der Waals surface area contributed by atoms with E-state index in [-0.39, 0.29) is 11.1 Å². The molecule has 2 aromatic rings. The standard InChI is InChI=1S/C14H18ClFN4/c1-3-6-17-14(8-11-9-20(2)19-18-11)10-4-5-13(16)12(15)7-10/h4-5,7,9,14,17H,3,6,8H2,1-2H3. The molecule has 0 bridgehead atoms. The van der Waals surface area contributed by atoms with Crippen LogP contribution in [-0.2, 0) is 13.5 Å². The summed E-state index contributed by atoms with van der Waals surface area (Å²) < 4.78 is 14.9. The molecule has 1 atom stereocenters. The predicted molar refractivity (Wildman–Crippen MR) is 77.2 cm³/mol. The van der Waals surface area contributed by atoms with E-state index in [0.717, 1.165) is 24.2 Å². The van der Waals surface area contributed by atoms with Crippen molar-refractivity contribution in [2.24, 2.45) is 7.05 Å². The Morgan fingerprint density at radius 2 is 2.25 bits per heavy atom. The number of hydrogen-bond donors (Lipinski definition) is 1. The van der Waals surface area contributed by atoms with Crippen LogP contribution in [0.5, 0.6) is 0 Å². The van der Waals surface area contributed by atoms with Crippen molar-refractivity contribution in [3.63, 3.8) is 0 Å². The third kappa shape index (κ3) is 3.77. The maximum absolute atomic E-state index is 13.3.